The Morgan fingerprint density at radius 3 is 2.66 bits per heavy atom. The van der Waals surface area contributed by atoms with E-state index in [9.17, 15) is 18.3 Å². The molecule has 0 aliphatic carbocycles. The van der Waals surface area contributed by atoms with Crippen molar-refractivity contribution in [3.63, 3.8) is 0 Å². The van der Waals surface area contributed by atoms with E-state index in [-0.39, 0.29) is 30.1 Å². The van der Waals surface area contributed by atoms with Gasteiger partial charge in [0.1, 0.15) is 17.8 Å². The molecule has 8 atom stereocenters. The number of sulfonamides is 1. The van der Waals surface area contributed by atoms with Gasteiger partial charge in [-0.05, 0) is 57.7 Å². The van der Waals surface area contributed by atoms with Crippen molar-refractivity contribution in [2.75, 3.05) is 31.3 Å². The van der Waals surface area contributed by atoms with Gasteiger partial charge in [0.15, 0.2) is 5.79 Å². The highest BCUT2D eigenvalue weighted by atomic mass is 32.2. The zero-order valence-electron chi connectivity index (χ0n) is 25.0. The lowest BCUT2D eigenvalue weighted by atomic mass is 9.87. The van der Waals surface area contributed by atoms with E-state index < -0.39 is 33.6 Å². The van der Waals surface area contributed by atoms with Crippen molar-refractivity contribution >= 4 is 21.6 Å². The first-order valence-corrected chi connectivity index (χ1v) is 15.9. The van der Waals surface area contributed by atoms with Crippen LogP contribution >= 0.6 is 0 Å². The number of rotatable bonds is 9. The van der Waals surface area contributed by atoms with Crippen molar-refractivity contribution in [1.82, 2.24) is 5.32 Å². The van der Waals surface area contributed by atoms with E-state index in [1.807, 2.05) is 32.9 Å². The normalized spacial score (nSPS) is 36.0. The van der Waals surface area contributed by atoms with Gasteiger partial charge >= 0.3 is 0 Å². The topological polar surface area (TPSA) is 127 Å². The number of methoxy groups -OCH3 is 1. The fourth-order valence-electron chi connectivity index (χ4n) is 5.59. The monoisotopic (exact) mass is 592 g/mol. The molecule has 0 radical (unpaired) electrons. The fourth-order valence-corrected chi connectivity index (χ4v) is 6.08. The number of aliphatic hydroxyl groups is 1. The number of hydrogen-bond acceptors (Lipinski definition) is 8. The van der Waals surface area contributed by atoms with E-state index in [0.717, 1.165) is 22.6 Å². The summed E-state index contributed by atoms with van der Waals surface area (Å²) in [5, 5.41) is 13.8. The number of ether oxygens (including phenoxy) is 4. The minimum Gasteiger partial charge on any atom is -0.387 e. The zero-order chi connectivity index (χ0) is 30.2. The quantitative estimate of drug-likeness (QED) is 0.331. The van der Waals surface area contributed by atoms with E-state index in [2.05, 4.69) is 18.3 Å². The molecule has 1 spiro atoms. The summed E-state index contributed by atoms with van der Waals surface area (Å²) in [6.45, 7) is 8.43. The van der Waals surface area contributed by atoms with Gasteiger partial charge < -0.3 is 29.4 Å². The van der Waals surface area contributed by atoms with Gasteiger partial charge in [0, 0.05) is 26.1 Å². The Morgan fingerprint density at radius 2 is 2.02 bits per heavy atom. The summed E-state index contributed by atoms with van der Waals surface area (Å²) in [5.41, 5.74) is 1.24. The van der Waals surface area contributed by atoms with Crippen LogP contribution in [0.2, 0.25) is 0 Å². The summed E-state index contributed by atoms with van der Waals surface area (Å²) in [5.74, 6) is -0.883. The highest BCUT2D eigenvalue weighted by Gasteiger charge is 2.61. The smallest absolute Gasteiger partial charge is 0.251 e. The zero-order valence-corrected chi connectivity index (χ0v) is 25.8. The van der Waals surface area contributed by atoms with Crippen molar-refractivity contribution in [3.8, 4) is 0 Å². The molecule has 11 heteroatoms. The minimum atomic E-state index is -3.43. The average molecular weight is 593 g/mol. The SMILES string of the molecule is CO[C@@]1(C)C[C@@]2(CO2)[C@H](O)[C@@H](/C=C/C(C)=C/C[C@@H]2O[C@H](C)[C@H](NC(=O)c3cccc(N(C)S(C)(=O)=O)c3)C[C@@H]2C)O1. The van der Waals surface area contributed by atoms with Crippen molar-refractivity contribution in [3.05, 3.63) is 53.6 Å². The molecule has 3 fully saturated rings. The van der Waals surface area contributed by atoms with E-state index in [4.69, 9.17) is 18.9 Å². The minimum absolute atomic E-state index is 0.00956. The largest absolute Gasteiger partial charge is 0.387 e. The Kier molecular flexibility index (Phi) is 9.37. The van der Waals surface area contributed by atoms with Crippen LogP contribution in [0.25, 0.3) is 0 Å². The van der Waals surface area contributed by atoms with Crippen molar-refractivity contribution in [2.24, 2.45) is 5.92 Å². The fraction of sp³-hybridized carbons (Fsp3) is 0.633. The maximum absolute atomic E-state index is 13.0. The summed E-state index contributed by atoms with van der Waals surface area (Å²) in [7, 11) is -0.379. The second-order valence-corrected chi connectivity index (χ2v) is 13.9. The van der Waals surface area contributed by atoms with E-state index in [1.54, 1.807) is 31.4 Å². The third kappa shape index (κ3) is 7.39. The Bertz CT molecular complexity index is 1280. The highest BCUT2D eigenvalue weighted by Crippen LogP contribution is 2.46. The molecule has 2 N–H and O–H groups in total. The summed E-state index contributed by atoms with van der Waals surface area (Å²) in [6.07, 6.45) is 7.48. The average Bonchev–Trinajstić information content (AvgIpc) is 3.69. The number of carbonyl (C=O) groups excluding carboxylic acids is 1. The standard InChI is InChI=1S/C30H44N2O8S/c1-19(12-14-26-27(33)30(18-38-30)17-29(4,37-6)40-26)11-13-25-20(2)15-24(21(3)39-25)31-28(34)22-9-8-10-23(16-22)32(5)41(7,35)36/h8-12,14,16,20-21,24-27,33H,13,15,17-18H2,1-7H3,(H,31,34)/b14-12+,19-11+/t20-,21+,24+,25-,26+,27+,29+,30+/m0/s1. The molecule has 0 aromatic heterocycles. The van der Waals surface area contributed by atoms with Crippen LogP contribution in [0.1, 0.15) is 57.3 Å². The number of allylic oxidation sites excluding steroid dienone is 2. The summed E-state index contributed by atoms with van der Waals surface area (Å²) >= 11 is 0. The number of nitrogens with one attached hydrogen (secondary N) is 1. The van der Waals surface area contributed by atoms with E-state index in [1.165, 1.54) is 7.05 Å². The molecule has 4 rings (SSSR count). The molecular formula is C30H44N2O8S. The molecule has 1 aromatic carbocycles. The molecule has 1 amide bonds. The van der Waals surface area contributed by atoms with Crippen LogP contribution in [0, 0.1) is 5.92 Å². The first-order chi connectivity index (χ1) is 19.2. The summed E-state index contributed by atoms with van der Waals surface area (Å²) in [4.78, 5) is 13.0. The van der Waals surface area contributed by atoms with Gasteiger partial charge in [0.05, 0.1) is 36.8 Å². The van der Waals surface area contributed by atoms with Gasteiger partial charge in [-0.2, -0.15) is 0 Å². The number of nitrogens with zero attached hydrogens (tertiary/aromatic N) is 1. The summed E-state index contributed by atoms with van der Waals surface area (Å²) < 4.78 is 48.4. The van der Waals surface area contributed by atoms with E-state index in [0.29, 0.717) is 30.7 Å². The lowest BCUT2D eigenvalue weighted by molar-refractivity contribution is -0.284. The van der Waals surface area contributed by atoms with Gasteiger partial charge in [0.2, 0.25) is 10.0 Å². The maximum atomic E-state index is 13.0. The molecule has 3 aliphatic heterocycles. The first-order valence-electron chi connectivity index (χ1n) is 14.1. The molecule has 3 saturated heterocycles. The van der Waals surface area contributed by atoms with Crippen LogP contribution in [-0.4, -0.2) is 88.3 Å². The number of amides is 1. The predicted molar refractivity (Wildman–Crippen MR) is 156 cm³/mol. The Morgan fingerprint density at radius 1 is 1.32 bits per heavy atom. The molecule has 0 saturated carbocycles. The van der Waals surface area contributed by atoms with Crippen molar-refractivity contribution < 1.29 is 37.3 Å². The lowest BCUT2D eigenvalue weighted by Gasteiger charge is -2.42. The second kappa shape index (κ2) is 12.1. The van der Waals surface area contributed by atoms with Crippen LogP contribution < -0.4 is 9.62 Å². The predicted octanol–water partition coefficient (Wildman–Crippen LogP) is 3.17. The molecule has 0 bridgehead atoms. The molecule has 3 aliphatic rings. The number of benzene rings is 1. The lowest BCUT2D eigenvalue weighted by Crippen LogP contribution is -2.55. The third-order valence-electron chi connectivity index (χ3n) is 8.53. The Balaban J connectivity index is 1.32. The Hall–Kier alpha value is -2.28. The number of anilines is 1. The van der Waals surface area contributed by atoms with Crippen LogP contribution in [0.5, 0.6) is 0 Å². The van der Waals surface area contributed by atoms with Crippen molar-refractivity contribution in [2.45, 2.75) is 88.8 Å². The van der Waals surface area contributed by atoms with Crippen LogP contribution in [-0.2, 0) is 29.0 Å². The highest BCUT2D eigenvalue weighted by molar-refractivity contribution is 7.92. The number of aliphatic hydroxyl groups excluding tert-OH is 1. The van der Waals surface area contributed by atoms with E-state index >= 15 is 0 Å². The third-order valence-corrected chi connectivity index (χ3v) is 9.73. The number of carbonyl (C=O) groups is 1. The van der Waals surface area contributed by atoms with Crippen LogP contribution in [0.3, 0.4) is 0 Å². The molecule has 228 valence electrons. The van der Waals surface area contributed by atoms with Crippen LogP contribution in [0.4, 0.5) is 5.69 Å². The molecule has 3 heterocycles. The number of epoxide rings is 1. The summed E-state index contributed by atoms with van der Waals surface area (Å²) in [6, 6.07) is 6.39. The van der Waals surface area contributed by atoms with Gasteiger partial charge in [-0.25, -0.2) is 8.42 Å². The van der Waals surface area contributed by atoms with Gasteiger partial charge in [0.25, 0.3) is 5.91 Å². The molecular weight excluding hydrogens is 548 g/mol. The van der Waals surface area contributed by atoms with Crippen LogP contribution in [0.15, 0.2) is 48.1 Å². The molecule has 0 unspecified atom stereocenters. The van der Waals surface area contributed by atoms with Crippen molar-refractivity contribution in [1.29, 1.82) is 0 Å². The van der Waals surface area contributed by atoms with Gasteiger partial charge in [-0.15, -0.1) is 0 Å². The second-order valence-electron chi connectivity index (χ2n) is 11.9. The maximum Gasteiger partial charge on any atom is 0.251 e. The first kappa shape index (κ1) is 31.7. The molecule has 10 nitrogen and oxygen atoms in total. The number of hydrogen-bond donors (Lipinski definition) is 2. The molecule has 41 heavy (non-hydrogen) atoms. The molecule has 1 aromatic rings. The Labute approximate surface area is 243 Å². The van der Waals surface area contributed by atoms with Gasteiger partial charge in [-0.3, -0.25) is 9.10 Å². The van der Waals surface area contributed by atoms with Gasteiger partial charge in [-0.1, -0.05) is 36.8 Å².